The highest BCUT2D eigenvalue weighted by Crippen LogP contribution is 2.23. The van der Waals surface area contributed by atoms with E-state index in [-0.39, 0.29) is 11.8 Å². The van der Waals surface area contributed by atoms with E-state index in [0.717, 1.165) is 18.5 Å². The summed E-state index contributed by atoms with van der Waals surface area (Å²) in [6, 6.07) is 8.93. The Morgan fingerprint density at radius 2 is 2.00 bits per heavy atom. The summed E-state index contributed by atoms with van der Waals surface area (Å²) in [6.45, 7) is 1.29. The lowest BCUT2D eigenvalue weighted by Gasteiger charge is -2.21. The molecule has 0 atom stereocenters. The summed E-state index contributed by atoms with van der Waals surface area (Å²) in [5.74, 6) is 1.75. The number of benzene rings is 1. The van der Waals surface area contributed by atoms with E-state index in [0.29, 0.717) is 30.7 Å². The van der Waals surface area contributed by atoms with E-state index in [9.17, 15) is 4.79 Å². The van der Waals surface area contributed by atoms with Crippen molar-refractivity contribution in [1.29, 1.82) is 0 Å². The van der Waals surface area contributed by atoms with Gasteiger partial charge in [-0.2, -0.15) is 0 Å². The van der Waals surface area contributed by atoms with E-state index in [1.165, 1.54) is 6.33 Å². The van der Waals surface area contributed by atoms with Gasteiger partial charge in [-0.15, -0.1) is 0 Å². The van der Waals surface area contributed by atoms with Gasteiger partial charge in [0.1, 0.15) is 24.2 Å². The maximum Gasteiger partial charge on any atom is 0.227 e. The van der Waals surface area contributed by atoms with Crippen molar-refractivity contribution in [3.05, 3.63) is 55.4 Å². The Morgan fingerprint density at radius 3 is 2.74 bits per heavy atom. The number of aromatic nitrogens is 4. The molecular formula is C19H19N5O3. The number of hydrogen-bond acceptors (Lipinski definition) is 6. The maximum absolute atomic E-state index is 12.3. The number of anilines is 1. The summed E-state index contributed by atoms with van der Waals surface area (Å²) in [5, 5.41) is 2.94. The molecule has 1 saturated heterocycles. The standard InChI is InChI=1S/C19H19N5O3/c25-19(14-5-9-26-10-6-14)23-15-1-3-16(4-2-15)27-18-11-17(21-12-22-18)24-8-7-20-13-24/h1-4,7-8,11-14H,5-6,9-10H2,(H,23,25). The molecule has 138 valence electrons. The molecule has 2 aromatic heterocycles. The zero-order valence-electron chi connectivity index (χ0n) is 14.6. The molecule has 8 nitrogen and oxygen atoms in total. The van der Waals surface area contributed by atoms with Crippen molar-refractivity contribution in [1.82, 2.24) is 19.5 Å². The van der Waals surface area contributed by atoms with Gasteiger partial charge in [-0.1, -0.05) is 0 Å². The molecule has 1 amide bonds. The summed E-state index contributed by atoms with van der Waals surface area (Å²) < 4.78 is 12.8. The van der Waals surface area contributed by atoms with Crippen LogP contribution in [0.5, 0.6) is 11.6 Å². The van der Waals surface area contributed by atoms with Crippen molar-refractivity contribution in [2.45, 2.75) is 12.8 Å². The molecule has 3 heterocycles. The summed E-state index contributed by atoms with van der Waals surface area (Å²) in [6.07, 6.45) is 8.09. The quantitative estimate of drug-likeness (QED) is 0.748. The molecule has 4 rings (SSSR count). The molecule has 3 aromatic rings. The van der Waals surface area contributed by atoms with Crippen LogP contribution in [0.15, 0.2) is 55.4 Å². The fourth-order valence-electron chi connectivity index (χ4n) is 2.85. The van der Waals surface area contributed by atoms with E-state index in [4.69, 9.17) is 9.47 Å². The number of carbonyl (C=O) groups is 1. The minimum Gasteiger partial charge on any atom is -0.439 e. The second-order valence-corrected chi connectivity index (χ2v) is 6.19. The lowest BCUT2D eigenvalue weighted by atomic mass is 9.99. The molecule has 1 aromatic carbocycles. The van der Waals surface area contributed by atoms with Gasteiger partial charge in [-0.05, 0) is 37.1 Å². The van der Waals surface area contributed by atoms with E-state index >= 15 is 0 Å². The van der Waals surface area contributed by atoms with Crippen LogP contribution in [0, 0.1) is 5.92 Å². The Balaban J connectivity index is 1.39. The van der Waals surface area contributed by atoms with Gasteiger partial charge in [0.15, 0.2) is 0 Å². The lowest BCUT2D eigenvalue weighted by molar-refractivity contribution is -0.122. The zero-order valence-corrected chi connectivity index (χ0v) is 14.6. The number of rotatable bonds is 5. The Hall–Kier alpha value is -3.26. The van der Waals surface area contributed by atoms with Crippen LogP contribution in [-0.4, -0.2) is 38.6 Å². The third kappa shape index (κ3) is 4.29. The van der Waals surface area contributed by atoms with Crippen LogP contribution in [0.1, 0.15) is 12.8 Å². The predicted octanol–water partition coefficient (Wildman–Crippen LogP) is 2.82. The number of hydrogen-bond donors (Lipinski definition) is 1. The third-order valence-electron chi connectivity index (χ3n) is 4.33. The van der Waals surface area contributed by atoms with Crippen LogP contribution < -0.4 is 10.1 Å². The van der Waals surface area contributed by atoms with E-state index in [1.54, 1.807) is 41.5 Å². The fraction of sp³-hybridized carbons (Fsp3) is 0.263. The van der Waals surface area contributed by atoms with Crippen LogP contribution in [0.2, 0.25) is 0 Å². The molecule has 0 bridgehead atoms. The molecule has 8 heteroatoms. The molecule has 1 N–H and O–H groups in total. The fourth-order valence-corrected chi connectivity index (χ4v) is 2.85. The number of ether oxygens (including phenoxy) is 2. The normalized spacial score (nSPS) is 14.7. The average Bonchev–Trinajstić information content (AvgIpc) is 3.25. The van der Waals surface area contributed by atoms with E-state index < -0.39 is 0 Å². The van der Waals surface area contributed by atoms with Gasteiger partial charge in [0, 0.05) is 43.3 Å². The maximum atomic E-state index is 12.3. The van der Waals surface area contributed by atoms with Gasteiger partial charge in [0.25, 0.3) is 0 Å². The minimum absolute atomic E-state index is 0.0114. The Bertz CT molecular complexity index is 890. The molecule has 0 unspecified atom stereocenters. The SMILES string of the molecule is O=C(Nc1ccc(Oc2cc(-n3ccnc3)ncn2)cc1)C1CCOCC1. The first-order valence-corrected chi connectivity index (χ1v) is 8.75. The topological polar surface area (TPSA) is 91.2 Å². The highest BCUT2D eigenvalue weighted by atomic mass is 16.5. The number of nitrogens with one attached hydrogen (secondary N) is 1. The Kier molecular flexibility index (Phi) is 5.06. The highest BCUT2D eigenvalue weighted by molar-refractivity contribution is 5.92. The molecule has 0 aliphatic carbocycles. The summed E-state index contributed by atoms with van der Waals surface area (Å²) in [5.41, 5.74) is 0.737. The number of amides is 1. The average molecular weight is 365 g/mol. The second kappa shape index (κ2) is 7.96. The number of carbonyl (C=O) groups excluding carboxylic acids is 1. The third-order valence-corrected chi connectivity index (χ3v) is 4.33. The summed E-state index contributed by atoms with van der Waals surface area (Å²) in [4.78, 5) is 24.6. The lowest BCUT2D eigenvalue weighted by Crippen LogP contribution is -2.28. The van der Waals surface area contributed by atoms with Gasteiger partial charge < -0.3 is 14.8 Å². The Morgan fingerprint density at radius 1 is 1.19 bits per heavy atom. The van der Waals surface area contributed by atoms with Gasteiger partial charge in [0.2, 0.25) is 11.8 Å². The zero-order chi connectivity index (χ0) is 18.5. The minimum atomic E-state index is 0.0114. The molecule has 0 radical (unpaired) electrons. The van der Waals surface area contributed by atoms with Crippen molar-refractivity contribution in [3.63, 3.8) is 0 Å². The molecule has 0 saturated carbocycles. The van der Waals surface area contributed by atoms with E-state index in [2.05, 4.69) is 20.3 Å². The second-order valence-electron chi connectivity index (χ2n) is 6.19. The van der Waals surface area contributed by atoms with Crippen molar-refractivity contribution in [2.24, 2.45) is 5.92 Å². The van der Waals surface area contributed by atoms with Crippen molar-refractivity contribution in [3.8, 4) is 17.4 Å². The van der Waals surface area contributed by atoms with Gasteiger partial charge in [0.05, 0.1) is 0 Å². The van der Waals surface area contributed by atoms with Gasteiger partial charge in [-0.25, -0.2) is 15.0 Å². The van der Waals surface area contributed by atoms with Crippen LogP contribution >= 0.6 is 0 Å². The molecule has 1 aliphatic heterocycles. The first-order chi connectivity index (χ1) is 13.3. The summed E-state index contributed by atoms with van der Waals surface area (Å²) >= 11 is 0. The smallest absolute Gasteiger partial charge is 0.227 e. The molecule has 1 aliphatic rings. The van der Waals surface area contributed by atoms with E-state index in [1.807, 2.05) is 12.1 Å². The van der Waals surface area contributed by atoms with Gasteiger partial charge >= 0.3 is 0 Å². The van der Waals surface area contributed by atoms with Crippen molar-refractivity contribution >= 4 is 11.6 Å². The first-order valence-electron chi connectivity index (χ1n) is 8.75. The van der Waals surface area contributed by atoms with Crippen LogP contribution in [0.4, 0.5) is 5.69 Å². The van der Waals surface area contributed by atoms with Crippen molar-refractivity contribution < 1.29 is 14.3 Å². The monoisotopic (exact) mass is 365 g/mol. The molecule has 27 heavy (non-hydrogen) atoms. The first kappa shape index (κ1) is 17.2. The Labute approximate surface area is 156 Å². The van der Waals surface area contributed by atoms with Crippen LogP contribution in [0.3, 0.4) is 0 Å². The van der Waals surface area contributed by atoms with Crippen molar-refractivity contribution in [2.75, 3.05) is 18.5 Å². The number of nitrogens with zero attached hydrogens (tertiary/aromatic N) is 4. The van der Waals surface area contributed by atoms with Gasteiger partial charge in [-0.3, -0.25) is 9.36 Å². The van der Waals surface area contributed by atoms with Crippen LogP contribution in [0.25, 0.3) is 5.82 Å². The van der Waals surface area contributed by atoms with Crippen LogP contribution in [-0.2, 0) is 9.53 Å². The molecular weight excluding hydrogens is 346 g/mol. The highest BCUT2D eigenvalue weighted by Gasteiger charge is 2.21. The summed E-state index contributed by atoms with van der Waals surface area (Å²) in [7, 11) is 0. The largest absolute Gasteiger partial charge is 0.439 e. The molecule has 0 spiro atoms. The molecule has 1 fully saturated rings. The number of imidazole rings is 1. The predicted molar refractivity (Wildman–Crippen MR) is 97.8 cm³/mol.